The SMILES string of the molecule is Cc1noc([C@H]2CCCCN2C(=O)c2ccc(C)o2)n1. The molecule has 0 aromatic carbocycles. The highest BCUT2D eigenvalue weighted by molar-refractivity contribution is 5.91. The van der Waals surface area contributed by atoms with Crippen LogP contribution in [0.25, 0.3) is 0 Å². The molecule has 3 heterocycles. The maximum absolute atomic E-state index is 12.5. The number of aryl methyl sites for hydroxylation is 2. The molecule has 2 aromatic heterocycles. The summed E-state index contributed by atoms with van der Waals surface area (Å²) >= 11 is 0. The van der Waals surface area contributed by atoms with Gasteiger partial charge in [0.2, 0.25) is 5.89 Å². The average Bonchev–Trinajstić information content (AvgIpc) is 3.07. The van der Waals surface area contributed by atoms with Crippen molar-refractivity contribution >= 4 is 5.91 Å². The molecule has 2 aromatic rings. The highest BCUT2D eigenvalue weighted by Gasteiger charge is 2.33. The second-order valence-electron chi connectivity index (χ2n) is 5.10. The van der Waals surface area contributed by atoms with E-state index in [-0.39, 0.29) is 11.9 Å². The van der Waals surface area contributed by atoms with E-state index in [9.17, 15) is 4.79 Å². The molecule has 3 rings (SSSR count). The van der Waals surface area contributed by atoms with E-state index < -0.39 is 0 Å². The van der Waals surface area contributed by atoms with E-state index in [1.165, 1.54) is 0 Å². The molecule has 1 atom stereocenters. The molecular formula is C14H17N3O3. The summed E-state index contributed by atoms with van der Waals surface area (Å²) in [6.07, 6.45) is 2.87. The summed E-state index contributed by atoms with van der Waals surface area (Å²) in [6, 6.07) is 3.36. The van der Waals surface area contributed by atoms with Crippen LogP contribution in [0.3, 0.4) is 0 Å². The van der Waals surface area contributed by atoms with Crippen molar-refractivity contribution in [1.82, 2.24) is 15.0 Å². The van der Waals surface area contributed by atoms with Crippen LogP contribution in [-0.4, -0.2) is 27.5 Å². The summed E-state index contributed by atoms with van der Waals surface area (Å²) in [5.41, 5.74) is 0. The number of likely N-dealkylation sites (tertiary alicyclic amines) is 1. The predicted molar refractivity (Wildman–Crippen MR) is 70.1 cm³/mol. The fourth-order valence-corrected chi connectivity index (χ4v) is 2.57. The molecule has 20 heavy (non-hydrogen) atoms. The summed E-state index contributed by atoms with van der Waals surface area (Å²) in [5.74, 6) is 2.09. The van der Waals surface area contributed by atoms with Crippen LogP contribution in [-0.2, 0) is 0 Å². The summed E-state index contributed by atoms with van der Waals surface area (Å²) in [4.78, 5) is 18.6. The minimum atomic E-state index is -0.150. The first kappa shape index (κ1) is 12.9. The second-order valence-corrected chi connectivity index (χ2v) is 5.10. The molecule has 0 unspecified atom stereocenters. The van der Waals surface area contributed by atoms with Gasteiger partial charge in [0.05, 0.1) is 0 Å². The van der Waals surface area contributed by atoms with Crippen LogP contribution in [0.5, 0.6) is 0 Å². The van der Waals surface area contributed by atoms with Gasteiger partial charge in [-0.05, 0) is 45.2 Å². The van der Waals surface area contributed by atoms with Gasteiger partial charge in [-0.1, -0.05) is 5.16 Å². The Labute approximate surface area is 116 Å². The van der Waals surface area contributed by atoms with Crippen molar-refractivity contribution < 1.29 is 13.7 Å². The largest absolute Gasteiger partial charge is 0.456 e. The summed E-state index contributed by atoms with van der Waals surface area (Å²) in [5, 5.41) is 3.81. The Morgan fingerprint density at radius 3 is 2.85 bits per heavy atom. The van der Waals surface area contributed by atoms with Crippen molar-refractivity contribution in [3.63, 3.8) is 0 Å². The first-order valence-electron chi connectivity index (χ1n) is 6.83. The molecule has 1 amide bonds. The molecule has 0 N–H and O–H groups in total. The molecule has 1 aliphatic heterocycles. The van der Waals surface area contributed by atoms with E-state index in [4.69, 9.17) is 8.94 Å². The molecule has 1 aliphatic rings. The van der Waals surface area contributed by atoms with Gasteiger partial charge >= 0.3 is 0 Å². The maximum Gasteiger partial charge on any atom is 0.290 e. The Hall–Kier alpha value is -2.11. The monoisotopic (exact) mass is 275 g/mol. The third kappa shape index (κ3) is 2.33. The van der Waals surface area contributed by atoms with Crippen molar-refractivity contribution in [3.05, 3.63) is 35.4 Å². The first-order chi connectivity index (χ1) is 9.65. The lowest BCUT2D eigenvalue weighted by Gasteiger charge is -2.32. The third-order valence-electron chi connectivity index (χ3n) is 3.54. The van der Waals surface area contributed by atoms with Crippen molar-refractivity contribution in [3.8, 4) is 0 Å². The Balaban J connectivity index is 1.87. The summed E-state index contributed by atoms with van der Waals surface area (Å²) in [6.45, 7) is 4.29. The number of amides is 1. The number of rotatable bonds is 2. The van der Waals surface area contributed by atoms with Gasteiger partial charge in [0.1, 0.15) is 11.8 Å². The highest BCUT2D eigenvalue weighted by Crippen LogP contribution is 2.31. The number of furan rings is 1. The van der Waals surface area contributed by atoms with Crippen molar-refractivity contribution in [1.29, 1.82) is 0 Å². The van der Waals surface area contributed by atoms with Gasteiger partial charge in [-0.15, -0.1) is 0 Å². The van der Waals surface area contributed by atoms with E-state index in [0.717, 1.165) is 25.0 Å². The topological polar surface area (TPSA) is 72.4 Å². The Kier molecular flexibility index (Phi) is 3.30. The molecule has 6 heteroatoms. The molecule has 0 radical (unpaired) electrons. The number of piperidine rings is 1. The van der Waals surface area contributed by atoms with Crippen molar-refractivity contribution in [2.75, 3.05) is 6.54 Å². The first-order valence-corrected chi connectivity index (χ1v) is 6.83. The van der Waals surface area contributed by atoms with Gasteiger partial charge in [-0.2, -0.15) is 4.98 Å². The smallest absolute Gasteiger partial charge is 0.290 e. The standard InChI is InChI=1S/C14H17N3O3/c1-9-6-7-12(19-9)14(18)17-8-4-3-5-11(17)13-15-10(2)16-20-13/h6-7,11H,3-5,8H2,1-2H3/t11-/m1/s1. The van der Waals surface area contributed by atoms with Gasteiger partial charge in [0, 0.05) is 6.54 Å². The highest BCUT2D eigenvalue weighted by atomic mass is 16.5. The molecule has 6 nitrogen and oxygen atoms in total. The van der Waals surface area contributed by atoms with Gasteiger partial charge in [-0.3, -0.25) is 4.79 Å². The number of aromatic nitrogens is 2. The van der Waals surface area contributed by atoms with E-state index in [1.807, 2.05) is 6.92 Å². The number of hydrogen-bond acceptors (Lipinski definition) is 5. The quantitative estimate of drug-likeness (QED) is 0.842. The number of nitrogens with zero attached hydrogens (tertiary/aromatic N) is 3. The van der Waals surface area contributed by atoms with Crippen LogP contribution in [0.1, 0.15) is 53.3 Å². The zero-order chi connectivity index (χ0) is 14.1. The Morgan fingerprint density at radius 2 is 2.20 bits per heavy atom. The number of hydrogen-bond donors (Lipinski definition) is 0. The van der Waals surface area contributed by atoms with Crippen molar-refractivity contribution in [2.24, 2.45) is 0 Å². The van der Waals surface area contributed by atoms with E-state index in [1.54, 1.807) is 24.0 Å². The summed E-state index contributed by atoms with van der Waals surface area (Å²) < 4.78 is 10.7. The Bertz CT molecular complexity index is 617. The van der Waals surface area contributed by atoms with Gasteiger partial charge < -0.3 is 13.8 Å². The summed E-state index contributed by atoms with van der Waals surface area (Å²) in [7, 11) is 0. The fraction of sp³-hybridized carbons (Fsp3) is 0.500. The zero-order valence-electron chi connectivity index (χ0n) is 11.6. The van der Waals surface area contributed by atoms with Crippen LogP contribution < -0.4 is 0 Å². The molecule has 1 fully saturated rings. The van der Waals surface area contributed by atoms with Crippen LogP contribution in [0.15, 0.2) is 21.1 Å². The minimum Gasteiger partial charge on any atom is -0.456 e. The Morgan fingerprint density at radius 1 is 1.35 bits per heavy atom. The lowest BCUT2D eigenvalue weighted by atomic mass is 10.0. The zero-order valence-corrected chi connectivity index (χ0v) is 11.6. The van der Waals surface area contributed by atoms with E-state index in [0.29, 0.717) is 24.0 Å². The lowest BCUT2D eigenvalue weighted by Crippen LogP contribution is -2.38. The molecule has 1 saturated heterocycles. The van der Waals surface area contributed by atoms with Crippen molar-refractivity contribution in [2.45, 2.75) is 39.2 Å². The molecule has 0 saturated carbocycles. The third-order valence-corrected chi connectivity index (χ3v) is 3.54. The van der Waals surface area contributed by atoms with Gasteiger partial charge in [0.15, 0.2) is 11.6 Å². The van der Waals surface area contributed by atoms with Crippen LogP contribution in [0, 0.1) is 13.8 Å². The lowest BCUT2D eigenvalue weighted by molar-refractivity contribution is 0.0528. The molecular weight excluding hydrogens is 258 g/mol. The van der Waals surface area contributed by atoms with Crippen LogP contribution in [0.4, 0.5) is 0 Å². The van der Waals surface area contributed by atoms with Gasteiger partial charge in [-0.25, -0.2) is 0 Å². The molecule has 0 spiro atoms. The van der Waals surface area contributed by atoms with E-state index in [2.05, 4.69) is 10.1 Å². The molecule has 0 bridgehead atoms. The second kappa shape index (κ2) is 5.11. The number of carbonyl (C=O) groups excluding carboxylic acids is 1. The van der Waals surface area contributed by atoms with Crippen LogP contribution >= 0.6 is 0 Å². The minimum absolute atomic E-state index is 0.112. The van der Waals surface area contributed by atoms with E-state index >= 15 is 0 Å². The molecule has 106 valence electrons. The number of carbonyl (C=O) groups is 1. The fourth-order valence-electron chi connectivity index (χ4n) is 2.57. The van der Waals surface area contributed by atoms with Crippen LogP contribution in [0.2, 0.25) is 0 Å². The maximum atomic E-state index is 12.5. The van der Waals surface area contributed by atoms with Gasteiger partial charge in [0.25, 0.3) is 5.91 Å². The molecule has 0 aliphatic carbocycles. The predicted octanol–water partition coefficient (Wildman–Crippen LogP) is 2.65. The average molecular weight is 275 g/mol. The normalized spacial score (nSPS) is 19.3.